The van der Waals surface area contributed by atoms with E-state index in [4.69, 9.17) is 0 Å². The van der Waals surface area contributed by atoms with E-state index in [1.54, 1.807) is 0 Å². The van der Waals surface area contributed by atoms with Crippen LogP contribution in [0.2, 0.25) is 0 Å². The molecule has 0 fully saturated rings. The number of allylic oxidation sites excluding steroid dienone is 9. The lowest BCUT2D eigenvalue weighted by molar-refractivity contribution is 0.425. The fourth-order valence-corrected chi connectivity index (χ4v) is 7.43. The van der Waals surface area contributed by atoms with E-state index in [2.05, 4.69) is 200 Å². The van der Waals surface area contributed by atoms with Gasteiger partial charge in [0, 0.05) is 38.9 Å². The summed E-state index contributed by atoms with van der Waals surface area (Å²) in [6, 6.07) is 46.9. The van der Waals surface area contributed by atoms with Crippen molar-refractivity contribution in [2.45, 2.75) is 32.4 Å². The molecule has 0 saturated carbocycles. The lowest BCUT2D eigenvalue weighted by Gasteiger charge is -2.36. The minimum Gasteiger partial charge on any atom is -0.361 e. The molecule has 5 aromatic carbocycles. The van der Waals surface area contributed by atoms with Crippen LogP contribution in [0.4, 0.5) is 5.69 Å². The zero-order valence-corrected chi connectivity index (χ0v) is 30.0. The SMILES string of the molecule is C=C/C(C)=C(\C=C/C)C1=C(Nc2ccccc2)CCC(c2cccc3c4ccccc4n(C(C=C)(N/C=C\c4ccccc4)c4ccccc4)c23)=C1. The number of fused-ring (bicyclic) bond motifs is 3. The quantitative estimate of drug-likeness (QED) is 0.0998. The monoisotopic (exact) mass is 675 g/mol. The molecule has 3 nitrogen and oxygen atoms in total. The number of aromatic nitrogens is 1. The van der Waals surface area contributed by atoms with Crippen molar-refractivity contribution in [2.75, 3.05) is 5.32 Å². The van der Waals surface area contributed by atoms with Crippen LogP contribution in [-0.4, -0.2) is 4.57 Å². The molecule has 0 radical (unpaired) electrons. The van der Waals surface area contributed by atoms with Crippen molar-refractivity contribution < 1.29 is 0 Å². The third kappa shape index (κ3) is 6.50. The highest BCUT2D eigenvalue weighted by atomic mass is 15.2. The maximum atomic E-state index is 4.51. The Kier molecular flexibility index (Phi) is 10.0. The lowest BCUT2D eigenvalue weighted by atomic mass is 9.85. The van der Waals surface area contributed by atoms with Gasteiger partial charge >= 0.3 is 0 Å². The van der Waals surface area contributed by atoms with Crippen LogP contribution < -0.4 is 10.6 Å². The van der Waals surface area contributed by atoms with Gasteiger partial charge in [-0.1, -0.05) is 147 Å². The first-order valence-corrected chi connectivity index (χ1v) is 18.0. The average molecular weight is 676 g/mol. The molecule has 7 rings (SSSR count). The van der Waals surface area contributed by atoms with Crippen molar-refractivity contribution in [1.82, 2.24) is 9.88 Å². The van der Waals surface area contributed by atoms with Crippen molar-refractivity contribution in [3.05, 3.63) is 222 Å². The fourth-order valence-electron chi connectivity index (χ4n) is 7.43. The first kappa shape index (κ1) is 34.1. The van der Waals surface area contributed by atoms with Crippen molar-refractivity contribution in [2.24, 2.45) is 0 Å². The van der Waals surface area contributed by atoms with Crippen LogP contribution in [0, 0.1) is 0 Å². The Bertz CT molecular complexity index is 2380. The zero-order valence-electron chi connectivity index (χ0n) is 30.0. The molecule has 0 amide bonds. The number of nitrogens with zero attached hydrogens (tertiary/aromatic N) is 1. The van der Waals surface area contributed by atoms with Crippen LogP contribution >= 0.6 is 0 Å². The molecule has 0 aliphatic heterocycles. The molecule has 3 heteroatoms. The van der Waals surface area contributed by atoms with Gasteiger partial charge in [-0.25, -0.2) is 0 Å². The van der Waals surface area contributed by atoms with Gasteiger partial charge in [-0.15, -0.1) is 0 Å². The van der Waals surface area contributed by atoms with Crippen molar-refractivity contribution >= 4 is 39.1 Å². The molecular weight excluding hydrogens is 631 g/mol. The highest BCUT2D eigenvalue weighted by molar-refractivity contribution is 6.12. The van der Waals surface area contributed by atoms with Crippen LogP contribution in [0.3, 0.4) is 0 Å². The first-order valence-electron chi connectivity index (χ1n) is 18.0. The molecule has 1 aromatic heterocycles. The van der Waals surface area contributed by atoms with Gasteiger partial charge in [0.25, 0.3) is 0 Å². The maximum absolute atomic E-state index is 4.51. The van der Waals surface area contributed by atoms with Gasteiger partial charge in [0.1, 0.15) is 0 Å². The summed E-state index contributed by atoms with van der Waals surface area (Å²) in [5, 5.41) is 10.0. The molecule has 1 atom stereocenters. The summed E-state index contributed by atoms with van der Waals surface area (Å²) in [6.45, 7) is 12.9. The van der Waals surface area contributed by atoms with E-state index in [1.165, 1.54) is 38.8 Å². The molecule has 6 aromatic rings. The van der Waals surface area contributed by atoms with Crippen LogP contribution in [0.25, 0.3) is 33.5 Å². The Balaban J connectivity index is 1.50. The number of hydrogen-bond acceptors (Lipinski definition) is 2. The van der Waals surface area contributed by atoms with Gasteiger partial charge in [-0.05, 0) is 91.6 Å². The Morgan fingerprint density at radius 3 is 2.13 bits per heavy atom. The summed E-state index contributed by atoms with van der Waals surface area (Å²) in [4.78, 5) is 0. The van der Waals surface area contributed by atoms with Crippen molar-refractivity contribution in [3.63, 3.8) is 0 Å². The number of benzene rings is 5. The second kappa shape index (κ2) is 15.3. The average Bonchev–Trinajstić information content (AvgIpc) is 3.55. The highest BCUT2D eigenvalue weighted by Crippen LogP contribution is 2.43. The van der Waals surface area contributed by atoms with Gasteiger partial charge in [0.15, 0.2) is 5.66 Å². The predicted molar refractivity (Wildman–Crippen MR) is 224 cm³/mol. The number of rotatable bonds is 12. The van der Waals surface area contributed by atoms with E-state index in [0.29, 0.717) is 0 Å². The van der Waals surface area contributed by atoms with Gasteiger partial charge in [-0.3, -0.25) is 0 Å². The smallest absolute Gasteiger partial charge is 0.160 e. The summed E-state index contributed by atoms with van der Waals surface area (Å²) >= 11 is 0. The highest BCUT2D eigenvalue weighted by Gasteiger charge is 2.34. The number of nitrogens with one attached hydrogen (secondary N) is 2. The topological polar surface area (TPSA) is 29.0 Å². The van der Waals surface area contributed by atoms with Gasteiger partial charge in [-0.2, -0.15) is 0 Å². The molecule has 1 aliphatic rings. The third-order valence-corrected chi connectivity index (χ3v) is 9.99. The minimum absolute atomic E-state index is 0.812. The maximum Gasteiger partial charge on any atom is 0.160 e. The van der Waals surface area contributed by atoms with Crippen molar-refractivity contribution in [1.29, 1.82) is 0 Å². The van der Waals surface area contributed by atoms with Crippen LogP contribution in [-0.2, 0) is 5.66 Å². The lowest BCUT2D eigenvalue weighted by Crippen LogP contribution is -2.44. The molecule has 0 bridgehead atoms. The van der Waals surface area contributed by atoms with Crippen LogP contribution in [0.1, 0.15) is 43.4 Å². The van der Waals surface area contributed by atoms with Gasteiger partial charge < -0.3 is 15.2 Å². The number of hydrogen-bond donors (Lipinski definition) is 2. The van der Waals surface area contributed by atoms with Gasteiger partial charge in [0.2, 0.25) is 0 Å². The Morgan fingerprint density at radius 2 is 1.42 bits per heavy atom. The van der Waals surface area contributed by atoms with E-state index in [9.17, 15) is 0 Å². The fraction of sp³-hybridized carbons (Fsp3) is 0.102. The molecule has 1 unspecified atom stereocenters. The number of anilines is 1. The summed E-state index contributed by atoms with van der Waals surface area (Å²) in [5.41, 5.74) is 11.9. The molecule has 0 spiro atoms. The Labute approximate surface area is 308 Å². The van der Waals surface area contributed by atoms with E-state index >= 15 is 0 Å². The van der Waals surface area contributed by atoms with E-state index in [1.807, 2.05) is 18.2 Å². The van der Waals surface area contributed by atoms with E-state index < -0.39 is 5.66 Å². The second-order valence-electron chi connectivity index (χ2n) is 13.1. The molecule has 1 aliphatic carbocycles. The molecule has 0 saturated heterocycles. The van der Waals surface area contributed by atoms with E-state index in [-0.39, 0.29) is 0 Å². The second-order valence-corrected chi connectivity index (χ2v) is 13.1. The van der Waals surface area contributed by atoms with Crippen LogP contribution in [0.5, 0.6) is 0 Å². The summed E-state index contributed by atoms with van der Waals surface area (Å²) in [5.74, 6) is 0. The Hall–Kier alpha value is -6.32. The standard InChI is InChI=1S/C49H45N3/c1-5-20-41(36(4)6-2)45-35-38(31-32-46(45)51-40-25-15-10-16-26-40)42-28-19-29-44-43-27-17-18-30-47(43)52(48(42)44)49(7-3,39-23-13-9-14-24-39)50-34-33-37-21-11-8-12-22-37/h5-30,33-35,50-51H,2-3,31-32H2,1,4H3/b20-5-,34-33-,41-36+. The molecule has 1 heterocycles. The minimum atomic E-state index is -0.812. The Morgan fingerprint density at radius 1 is 0.750 bits per heavy atom. The predicted octanol–water partition coefficient (Wildman–Crippen LogP) is 12.6. The molecule has 52 heavy (non-hydrogen) atoms. The molecule has 256 valence electrons. The molecular formula is C49H45N3. The van der Waals surface area contributed by atoms with Gasteiger partial charge in [0.05, 0.1) is 11.0 Å². The summed E-state index contributed by atoms with van der Waals surface area (Å²) in [6.07, 6.45) is 16.6. The summed E-state index contributed by atoms with van der Waals surface area (Å²) < 4.78 is 2.46. The van der Waals surface area contributed by atoms with E-state index in [0.717, 1.165) is 46.3 Å². The normalized spacial score (nSPS) is 15.1. The van der Waals surface area contributed by atoms with Crippen molar-refractivity contribution in [3.8, 4) is 0 Å². The largest absolute Gasteiger partial charge is 0.361 e. The molecule has 2 N–H and O–H groups in total. The zero-order chi connectivity index (χ0) is 35.9. The third-order valence-electron chi connectivity index (χ3n) is 9.99. The number of para-hydroxylation sites is 3. The van der Waals surface area contributed by atoms with Crippen LogP contribution in [0.15, 0.2) is 206 Å². The first-order chi connectivity index (χ1) is 25.6. The summed E-state index contributed by atoms with van der Waals surface area (Å²) in [7, 11) is 0.